The zero-order valence-electron chi connectivity index (χ0n) is 15.5. The first kappa shape index (κ1) is 18.3. The molecule has 8 heteroatoms. The third-order valence-electron chi connectivity index (χ3n) is 5.94. The summed E-state index contributed by atoms with van der Waals surface area (Å²) in [4.78, 5) is 54.9. The summed E-state index contributed by atoms with van der Waals surface area (Å²) < 4.78 is 4.73. The first-order valence-electron chi connectivity index (χ1n) is 9.39. The van der Waals surface area contributed by atoms with Gasteiger partial charge in [0.05, 0.1) is 18.4 Å². The summed E-state index contributed by atoms with van der Waals surface area (Å²) in [5.74, 6) is -2.16. The third kappa shape index (κ3) is 3.08. The number of nitrogens with zero attached hydrogens (tertiary/aromatic N) is 2. The van der Waals surface area contributed by atoms with E-state index in [0.717, 1.165) is 25.7 Å². The Morgan fingerprint density at radius 1 is 1.21 bits per heavy atom. The summed E-state index contributed by atoms with van der Waals surface area (Å²) >= 11 is 0. The molecule has 4 atom stereocenters. The van der Waals surface area contributed by atoms with Gasteiger partial charge in [0.25, 0.3) is 0 Å². The number of hydrogen-bond acceptors (Lipinski definition) is 6. The van der Waals surface area contributed by atoms with Crippen LogP contribution >= 0.6 is 0 Å². The molecule has 1 saturated heterocycles. The third-order valence-corrected chi connectivity index (χ3v) is 5.94. The Kier molecular flexibility index (Phi) is 4.70. The van der Waals surface area contributed by atoms with Gasteiger partial charge in [0, 0.05) is 12.3 Å². The molecule has 28 heavy (non-hydrogen) atoms. The number of ether oxygens (including phenoxy) is 1. The topological polar surface area (TPSA) is 105 Å². The second kappa shape index (κ2) is 7.18. The van der Waals surface area contributed by atoms with E-state index in [4.69, 9.17) is 4.74 Å². The first-order valence-corrected chi connectivity index (χ1v) is 9.39. The predicted molar refractivity (Wildman–Crippen MR) is 99.0 cm³/mol. The van der Waals surface area contributed by atoms with E-state index < -0.39 is 29.7 Å². The number of hydrogen-bond donors (Lipinski definition) is 1. The molecule has 1 N–H and O–H groups in total. The highest BCUT2D eigenvalue weighted by Gasteiger charge is 2.50. The lowest BCUT2D eigenvalue weighted by molar-refractivity contribution is -0.141. The highest BCUT2D eigenvalue weighted by Crippen LogP contribution is 2.47. The number of rotatable bonds is 4. The summed E-state index contributed by atoms with van der Waals surface area (Å²) in [7, 11) is 1.26. The van der Waals surface area contributed by atoms with Crippen molar-refractivity contribution in [1.29, 1.82) is 0 Å². The number of barbiturate groups is 1. The van der Waals surface area contributed by atoms with Crippen molar-refractivity contribution in [3.63, 3.8) is 0 Å². The van der Waals surface area contributed by atoms with Gasteiger partial charge in [-0.15, -0.1) is 0 Å². The van der Waals surface area contributed by atoms with Crippen molar-refractivity contribution in [2.24, 2.45) is 22.7 Å². The van der Waals surface area contributed by atoms with E-state index in [1.807, 2.05) is 0 Å². The number of carbonyl (C=O) groups is 4. The largest absolute Gasteiger partial charge is 0.465 e. The fourth-order valence-electron chi connectivity index (χ4n) is 4.60. The highest BCUT2D eigenvalue weighted by molar-refractivity contribution is 6.23. The average Bonchev–Trinajstić information content (AvgIpc) is 3.31. The smallest absolute Gasteiger partial charge is 0.340 e. The molecular weight excluding hydrogens is 362 g/mol. The zero-order chi connectivity index (χ0) is 19.8. The monoisotopic (exact) mass is 383 g/mol. The van der Waals surface area contributed by atoms with Gasteiger partial charge in [-0.3, -0.25) is 24.8 Å². The van der Waals surface area contributed by atoms with E-state index in [1.54, 1.807) is 24.3 Å². The van der Waals surface area contributed by atoms with Crippen LogP contribution in [-0.2, 0) is 14.3 Å². The molecule has 4 amide bonds. The maximum absolute atomic E-state index is 13.0. The van der Waals surface area contributed by atoms with Crippen molar-refractivity contribution in [2.45, 2.75) is 31.7 Å². The number of benzene rings is 1. The van der Waals surface area contributed by atoms with Crippen molar-refractivity contribution in [1.82, 2.24) is 10.2 Å². The van der Waals surface area contributed by atoms with Crippen LogP contribution in [0.15, 0.2) is 29.3 Å². The van der Waals surface area contributed by atoms with Gasteiger partial charge < -0.3 is 4.74 Å². The van der Waals surface area contributed by atoms with Crippen molar-refractivity contribution in [3.8, 4) is 0 Å². The predicted octanol–water partition coefficient (Wildman–Crippen LogP) is 2.06. The Morgan fingerprint density at radius 3 is 2.68 bits per heavy atom. The number of para-hydroxylation sites is 1. The molecule has 0 aromatic heterocycles. The average molecular weight is 383 g/mol. The van der Waals surface area contributed by atoms with Crippen molar-refractivity contribution in [3.05, 3.63) is 29.8 Å². The number of fused-ring (bicyclic) bond motifs is 2. The lowest BCUT2D eigenvalue weighted by Gasteiger charge is -2.36. The normalized spacial score (nSPS) is 29.5. The molecule has 0 unspecified atom stereocenters. The quantitative estimate of drug-likeness (QED) is 0.487. The summed E-state index contributed by atoms with van der Waals surface area (Å²) in [5.41, 5.74) is 0.518. The van der Waals surface area contributed by atoms with Gasteiger partial charge in [0.1, 0.15) is 0 Å². The van der Waals surface area contributed by atoms with Crippen molar-refractivity contribution >= 4 is 35.7 Å². The molecule has 146 valence electrons. The van der Waals surface area contributed by atoms with Crippen LogP contribution in [0.5, 0.6) is 0 Å². The molecule has 3 aliphatic rings. The molecule has 1 heterocycles. The van der Waals surface area contributed by atoms with Gasteiger partial charge in [-0.25, -0.2) is 9.59 Å². The second-order valence-electron chi connectivity index (χ2n) is 7.51. The number of imide groups is 2. The van der Waals surface area contributed by atoms with E-state index in [1.165, 1.54) is 18.2 Å². The van der Waals surface area contributed by atoms with E-state index in [9.17, 15) is 19.2 Å². The standard InChI is InChI=1S/C20H21N3O5/c1-28-19(26)13-4-2-3-5-15(13)21-10-14-17(24)22-20(27)23(18(14)25)16-9-11-6-7-12(16)8-11/h2-5,10-12,14,16H,6-9H2,1H3,(H,22,24,27)/t11-,12-,14-,16+/m0/s1. The molecule has 1 aromatic rings. The molecule has 2 aliphatic carbocycles. The molecule has 3 fully saturated rings. The minimum Gasteiger partial charge on any atom is -0.465 e. The molecule has 0 radical (unpaired) electrons. The SMILES string of the molecule is COC(=O)c1ccccc1N=C[C@H]1C(=O)NC(=O)N([C@@H]2C[C@H]3CC[C@H]2C3)C1=O. The maximum Gasteiger partial charge on any atom is 0.340 e. The van der Waals surface area contributed by atoms with E-state index >= 15 is 0 Å². The summed E-state index contributed by atoms with van der Waals surface area (Å²) in [6.45, 7) is 0. The van der Waals surface area contributed by atoms with Gasteiger partial charge in [-0.05, 0) is 43.2 Å². The van der Waals surface area contributed by atoms with Crippen LogP contribution in [0.2, 0.25) is 0 Å². The summed E-state index contributed by atoms with van der Waals surface area (Å²) in [6.07, 6.45) is 5.17. The number of aliphatic imine (C=N–C) groups is 1. The number of nitrogens with one attached hydrogen (secondary N) is 1. The lowest BCUT2D eigenvalue weighted by atomic mass is 9.92. The van der Waals surface area contributed by atoms with Crippen LogP contribution < -0.4 is 5.32 Å². The number of amides is 4. The maximum atomic E-state index is 13.0. The van der Waals surface area contributed by atoms with Crippen LogP contribution in [-0.4, -0.2) is 48.1 Å². The molecule has 2 saturated carbocycles. The van der Waals surface area contributed by atoms with Crippen molar-refractivity contribution in [2.75, 3.05) is 7.11 Å². The van der Waals surface area contributed by atoms with Gasteiger partial charge in [-0.1, -0.05) is 18.6 Å². The number of esters is 1. The lowest BCUT2D eigenvalue weighted by Crippen LogP contribution is -2.62. The number of urea groups is 1. The Bertz CT molecular complexity index is 880. The molecular formula is C20H21N3O5. The fourth-order valence-corrected chi connectivity index (χ4v) is 4.60. The second-order valence-corrected chi connectivity index (χ2v) is 7.51. The molecule has 8 nitrogen and oxygen atoms in total. The van der Waals surface area contributed by atoms with E-state index in [2.05, 4.69) is 10.3 Å². The Labute approximate surface area is 161 Å². The highest BCUT2D eigenvalue weighted by atomic mass is 16.5. The number of methoxy groups -OCH3 is 1. The van der Waals surface area contributed by atoms with Gasteiger partial charge in [0.15, 0.2) is 5.92 Å². The van der Waals surface area contributed by atoms with Crippen LogP contribution in [0.25, 0.3) is 0 Å². The van der Waals surface area contributed by atoms with Crippen LogP contribution in [0.3, 0.4) is 0 Å². The van der Waals surface area contributed by atoms with Gasteiger partial charge in [-0.2, -0.15) is 0 Å². The van der Waals surface area contributed by atoms with Crippen LogP contribution in [0, 0.1) is 17.8 Å². The van der Waals surface area contributed by atoms with E-state index in [-0.39, 0.29) is 11.6 Å². The Morgan fingerprint density at radius 2 is 2.00 bits per heavy atom. The number of carbonyl (C=O) groups excluding carboxylic acids is 4. The van der Waals surface area contributed by atoms with E-state index in [0.29, 0.717) is 17.5 Å². The Hall–Kier alpha value is -3.03. The van der Waals surface area contributed by atoms with Crippen molar-refractivity contribution < 1.29 is 23.9 Å². The molecule has 1 aliphatic heterocycles. The van der Waals surface area contributed by atoms with Gasteiger partial charge >= 0.3 is 12.0 Å². The fraction of sp³-hybridized carbons (Fsp3) is 0.450. The van der Waals surface area contributed by atoms with Gasteiger partial charge in [0.2, 0.25) is 11.8 Å². The first-order chi connectivity index (χ1) is 13.5. The minimum atomic E-state index is -1.21. The van der Waals surface area contributed by atoms with Crippen LogP contribution in [0.1, 0.15) is 36.0 Å². The molecule has 1 aromatic carbocycles. The Balaban J connectivity index is 1.58. The zero-order valence-corrected chi connectivity index (χ0v) is 15.5. The molecule has 2 bridgehead atoms. The summed E-state index contributed by atoms with van der Waals surface area (Å²) in [6, 6.07) is 5.69. The molecule has 4 rings (SSSR count). The minimum absolute atomic E-state index is 0.155. The van der Waals surface area contributed by atoms with Crippen LogP contribution in [0.4, 0.5) is 10.5 Å². The summed E-state index contributed by atoms with van der Waals surface area (Å²) in [5, 5.41) is 2.28. The molecule has 0 spiro atoms.